The molecule has 0 bridgehead atoms. The van der Waals surface area contributed by atoms with Crippen LogP contribution in [0.3, 0.4) is 0 Å². The molecule has 2 saturated heterocycles. The number of thiazole rings is 1. The van der Waals surface area contributed by atoms with Gasteiger partial charge in [-0.1, -0.05) is 0 Å². The van der Waals surface area contributed by atoms with Gasteiger partial charge in [0, 0.05) is 57.0 Å². The third-order valence-electron chi connectivity index (χ3n) is 5.59. The fourth-order valence-corrected chi connectivity index (χ4v) is 4.67. The fourth-order valence-electron chi connectivity index (χ4n) is 3.74. The quantitative estimate of drug-likeness (QED) is 0.703. The molecule has 1 atom stereocenters. The van der Waals surface area contributed by atoms with Gasteiger partial charge < -0.3 is 15.0 Å². The highest BCUT2D eigenvalue weighted by molar-refractivity contribution is 7.11. The number of nitrogens with one attached hydrogen (secondary N) is 1. The Balaban J connectivity index is 1.38. The molecule has 0 saturated carbocycles. The minimum atomic E-state index is -0.0964. The summed E-state index contributed by atoms with van der Waals surface area (Å²) in [5.41, 5.74) is 1.07. The molecular weight excluding hydrogens is 376 g/mol. The predicted octanol–water partition coefficient (Wildman–Crippen LogP) is 1.38. The Morgan fingerprint density at radius 2 is 2.07 bits per heavy atom. The first-order valence-electron chi connectivity index (χ1n) is 10.3. The number of piperidine rings is 1. The molecular formula is C20H32N4O3S. The summed E-state index contributed by atoms with van der Waals surface area (Å²) >= 11 is 1.70. The maximum absolute atomic E-state index is 12.5. The molecule has 2 aliphatic heterocycles. The number of carbonyl (C=O) groups is 2. The number of likely N-dealkylation sites (tertiary alicyclic amines) is 1. The molecule has 1 N–H and O–H groups in total. The summed E-state index contributed by atoms with van der Waals surface area (Å²) in [6, 6.07) is 0. The highest BCUT2D eigenvalue weighted by Gasteiger charge is 2.29. The van der Waals surface area contributed by atoms with Gasteiger partial charge in [-0.25, -0.2) is 4.98 Å². The number of hydrogen-bond donors (Lipinski definition) is 1. The summed E-state index contributed by atoms with van der Waals surface area (Å²) in [4.78, 5) is 34.8. The largest absolute Gasteiger partial charge is 0.379 e. The molecule has 0 unspecified atom stereocenters. The van der Waals surface area contributed by atoms with Gasteiger partial charge in [-0.2, -0.15) is 0 Å². The van der Waals surface area contributed by atoms with Crippen LogP contribution in [0.2, 0.25) is 0 Å². The third kappa shape index (κ3) is 5.99. The van der Waals surface area contributed by atoms with Crippen LogP contribution in [0.25, 0.3) is 0 Å². The highest BCUT2D eigenvalue weighted by Crippen LogP contribution is 2.19. The number of amides is 2. The van der Waals surface area contributed by atoms with E-state index in [9.17, 15) is 9.59 Å². The Morgan fingerprint density at radius 1 is 1.29 bits per heavy atom. The molecule has 0 aromatic carbocycles. The first-order chi connectivity index (χ1) is 13.5. The van der Waals surface area contributed by atoms with Gasteiger partial charge >= 0.3 is 0 Å². The van der Waals surface area contributed by atoms with Crippen LogP contribution in [-0.2, 0) is 20.7 Å². The standard InChI is InChI=1S/C20H32N4O3S/c1-15-16(2)28-18(22-15)6-7-21-20(26)17-4-5-19(25)24(14-17)9-3-8-23-10-12-27-13-11-23/h17H,3-14H2,1-2H3,(H,21,26)/t17-/m0/s1. The van der Waals surface area contributed by atoms with E-state index < -0.39 is 0 Å². The molecule has 156 valence electrons. The average Bonchev–Trinajstić information content (AvgIpc) is 3.01. The maximum Gasteiger partial charge on any atom is 0.224 e. The van der Waals surface area contributed by atoms with Gasteiger partial charge in [0.25, 0.3) is 0 Å². The van der Waals surface area contributed by atoms with E-state index >= 15 is 0 Å². The van der Waals surface area contributed by atoms with Crippen molar-refractivity contribution in [2.24, 2.45) is 5.92 Å². The Bertz CT molecular complexity index is 653. The topological polar surface area (TPSA) is 74.8 Å². The van der Waals surface area contributed by atoms with Gasteiger partial charge in [-0.15, -0.1) is 11.3 Å². The van der Waals surface area contributed by atoms with Crippen LogP contribution >= 0.6 is 11.3 Å². The number of aromatic nitrogens is 1. The van der Waals surface area contributed by atoms with Crippen LogP contribution in [0, 0.1) is 19.8 Å². The highest BCUT2D eigenvalue weighted by atomic mass is 32.1. The van der Waals surface area contributed by atoms with E-state index in [-0.39, 0.29) is 17.7 Å². The summed E-state index contributed by atoms with van der Waals surface area (Å²) in [5, 5.41) is 4.11. The summed E-state index contributed by atoms with van der Waals surface area (Å²) in [6.45, 7) is 10.5. The van der Waals surface area contributed by atoms with Crippen molar-refractivity contribution < 1.29 is 14.3 Å². The molecule has 8 heteroatoms. The van der Waals surface area contributed by atoms with Gasteiger partial charge in [-0.3, -0.25) is 14.5 Å². The van der Waals surface area contributed by atoms with Crippen molar-refractivity contribution in [2.75, 3.05) is 52.5 Å². The van der Waals surface area contributed by atoms with Crippen LogP contribution in [0.5, 0.6) is 0 Å². The Morgan fingerprint density at radius 3 is 2.79 bits per heavy atom. The van der Waals surface area contributed by atoms with E-state index in [4.69, 9.17) is 4.74 Å². The lowest BCUT2D eigenvalue weighted by molar-refractivity contribution is -0.138. The lowest BCUT2D eigenvalue weighted by Crippen LogP contribution is -2.47. The van der Waals surface area contributed by atoms with Crippen LogP contribution in [0.4, 0.5) is 0 Å². The predicted molar refractivity (Wildman–Crippen MR) is 109 cm³/mol. The monoisotopic (exact) mass is 408 g/mol. The number of aryl methyl sites for hydroxylation is 2. The van der Waals surface area contributed by atoms with Crippen LogP contribution in [0.15, 0.2) is 0 Å². The van der Waals surface area contributed by atoms with Crippen molar-refractivity contribution in [3.05, 3.63) is 15.6 Å². The minimum absolute atomic E-state index is 0.0654. The van der Waals surface area contributed by atoms with Crippen LogP contribution in [-0.4, -0.2) is 79.1 Å². The smallest absolute Gasteiger partial charge is 0.224 e. The molecule has 1 aromatic heterocycles. The second-order valence-electron chi connectivity index (χ2n) is 7.67. The number of morpholine rings is 1. The SMILES string of the molecule is Cc1nc(CCNC(=O)[C@H]2CCC(=O)N(CCCN3CCOCC3)C2)sc1C. The van der Waals surface area contributed by atoms with Gasteiger partial charge in [0.2, 0.25) is 11.8 Å². The Labute approximate surface area is 171 Å². The minimum Gasteiger partial charge on any atom is -0.379 e. The molecule has 0 aliphatic carbocycles. The summed E-state index contributed by atoms with van der Waals surface area (Å²) < 4.78 is 5.37. The van der Waals surface area contributed by atoms with E-state index in [1.54, 1.807) is 11.3 Å². The second-order valence-corrected chi connectivity index (χ2v) is 8.96. The lowest BCUT2D eigenvalue weighted by atomic mass is 9.96. The number of ether oxygens (including phenoxy) is 1. The average molecular weight is 409 g/mol. The first-order valence-corrected chi connectivity index (χ1v) is 11.1. The Kier molecular flexibility index (Phi) is 7.82. The molecule has 2 fully saturated rings. The summed E-state index contributed by atoms with van der Waals surface area (Å²) in [5.74, 6) is 0.149. The van der Waals surface area contributed by atoms with Crippen molar-refractivity contribution >= 4 is 23.2 Å². The van der Waals surface area contributed by atoms with E-state index in [1.165, 1.54) is 4.88 Å². The molecule has 2 amide bonds. The number of carbonyl (C=O) groups excluding carboxylic acids is 2. The number of nitrogens with zero attached hydrogens (tertiary/aromatic N) is 3. The summed E-state index contributed by atoms with van der Waals surface area (Å²) in [6.07, 6.45) is 2.84. The second kappa shape index (κ2) is 10.3. The lowest BCUT2D eigenvalue weighted by Gasteiger charge is -2.33. The van der Waals surface area contributed by atoms with Gasteiger partial charge in [0.1, 0.15) is 0 Å². The molecule has 1 aromatic rings. The van der Waals surface area contributed by atoms with E-state index in [1.807, 2.05) is 11.8 Å². The van der Waals surface area contributed by atoms with E-state index in [0.717, 1.165) is 62.9 Å². The summed E-state index contributed by atoms with van der Waals surface area (Å²) in [7, 11) is 0. The molecule has 28 heavy (non-hydrogen) atoms. The van der Waals surface area contributed by atoms with Crippen molar-refractivity contribution in [1.82, 2.24) is 20.1 Å². The number of hydrogen-bond acceptors (Lipinski definition) is 6. The van der Waals surface area contributed by atoms with Crippen molar-refractivity contribution in [3.63, 3.8) is 0 Å². The molecule has 2 aliphatic rings. The maximum atomic E-state index is 12.5. The molecule has 7 nitrogen and oxygen atoms in total. The first kappa shape index (κ1) is 21.2. The van der Waals surface area contributed by atoms with E-state index in [2.05, 4.69) is 22.1 Å². The van der Waals surface area contributed by atoms with E-state index in [0.29, 0.717) is 25.9 Å². The van der Waals surface area contributed by atoms with Crippen LogP contribution < -0.4 is 5.32 Å². The normalized spacial score (nSPS) is 21.1. The third-order valence-corrected chi connectivity index (χ3v) is 6.72. The van der Waals surface area contributed by atoms with Crippen LogP contribution in [0.1, 0.15) is 34.8 Å². The zero-order chi connectivity index (χ0) is 19.9. The van der Waals surface area contributed by atoms with Gasteiger partial charge in [0.05, 0.1) is 29.8 Å². The fraction of sp³-hybridized carbons (Fsp3) is 0.750. The molecule has 0 radical (unpaired) electrons. The zero-order valence-corrected chi connectivity index (χ0v) is 17.9. The molecule has 3 rings (SSSR count). The Hall–Kier alpha value is -1.51. The van der Waals surface area contributed by atoms with Crippen molar-refractivity contribution in [3.8, 4) is 0 Å². The molecule has 0 spiro atoms. The molecule has 3 heterocycles. The van der Waals surface area contributed by atoms with Gasteiger partial charge in [0.15, 0.2) is 0 Å². The number of rotatable bonds is 8. The van der Waals surface area contributed by atoms with Crippen molar-refractivity contribution in [1.29, 1.82) is 0 Å². The zero-order valence-electron chi connectivity index (χ0n) is 17.0. The van der Waals surface area contributed by atoms with Crippen molar-refractivity contribution in [2.45, 2.75) is 39.5 Å². The van der Waals surface area contributed by atoms with Gasteiger partial charge in [-0.05, 0) is 26.7 Å².